The van der Waals surface area contributed by atoms with Crippen molar-refractivity contribution in [1.29, 1.82) is 0 Å². The smallest absolute Gasteiger partial charge is 0.258 e. The van der Waals surface area contributed by atoms with Crippen LogP contribution in [0.4, 0.5) is 26.0 Å². The van der Waals surface area contributed by atoms with E-state index in [0.29, 0.717) is 28.2 Å². The fourth-order valence-electron chi connectivity index (χ4n) is 3.81. The molecule has 7 nitrogen and oxygen atoms in total. The third kappa shape index (κ3) is 5.96. The van der Waals surface area contributed by atoms with E-state index in [2.05, 4.69) is 39.4 Å². The van der Waals surface area contributed by atoms with Crippen LogP contribution in [0.5, 0.6) is 5.75 Å². The lowest BCUT2D eigenvalue weighted by molar-refractivity contribution is 0.102. The van der Waals surface area contributed by atoms with Crippen LogP contribution >= 0.6 is 11.8 Å². The van der Waals surface area contributed by atoms with Crippen LogP contribution in [0.25, 0.3) is 11.0 Å². The number of hydrogen-bond acceptors (Lipinski definition) is 7. The van der Waals surface area contributed by atoms with Gasteiger partial charge in [-0.1, -0.05) is 25.6 Å². The fraction of sp³-hybridized carbons (Fsp3) is 0.103. The molecular weight excluding hydrogens is 520 g/mol. The summed E-state index contributed by atoms with van der Waals surface area (Å²) in [7, 11) is 0. The number of phenolic OH excluding ortho intramolecular Hbond substituents is 1. The average molecular weight is 544 g/mol. The number of halogens is 2. The molecule has 3 aromatic carbocycles. The number of hydrogen-bond donors (Lipinski definition) is 3. The second kappa shape index (κ2) is 11.0. The number of nitrogens with one attached hydrogen (secondary N) is 2. The Labute approximate surface area is 227 Å². The molecule has 3 N–H and O–H groups in total. The minimum absolute atomic E-state index is 0.154. The van der Waals surface area contributed by atoms with Crippen LogP contribution in [0.15, 0.2) is 88.9 Å². The molecule has 0 aliphatic heterocycles. The van der Waals surface area contributed by atoms with Crippen molar-refractivity contribution in [2.45, 2.75) is 29.6 Å². The Bertz CT molecular complexity index is 1680. The number of carbonyl (C=O) groups is 1. The van der Waals surface area contributed by atoms with Gasteiger partial charge >= 0.3 is 0 Å². The molecular formula is C29H23F2N5O2S. The first-order chi connectivity index (χ1) is 18.8. The lowest BCUT2D eigenvalue weighted by atomic mass is 10.1. The monoisotopic (exact) mass is 543 g/mol. The van der Waals surface area contributed by atoms with E-state index in [4.69, 9.17) is 0 Å². The van der Waals surface area contributed by atoms with Crippen molar-refractivity contribution >= 4 is 45.9 Å². The quantitative estimate of drug-likeness (QED) is 0.198. The summed E-state index contributed by atoms with van der Waals surface area (Å²) in [4.78, 5) is 27.8. The lowest BCUT2D eigenvalue weighted by Crippen LogP contribution is -2.14. The van der Waals surface area contributed by atoms with Crippen molar-refractivity contribution in [1.82, 2.24) is 15.0 Å². The number of phenols is 1. The Morgan fingerprint density at radius 3 is 2.51 bits per heavy atom. The molecule has 0 saturated carbocycles. The Balaban J connectivity index is 1.52. The maximum atomic E-state index is 14.2. The number of benzene rings is 3. The van der Waals surface area contributed by atoms with Gasteiger partial charge in [0.15, 0.2) is 5.65 Å². The van der Waals surface area contributed by atoms with Gasteiger partial charge in [0.05, 0.1) is 16.6 Å². The van der Waals surface area contributed by atoms with Gasteiger partial charge in [0.25, 0.3) is 5.91 Å². The van der Waals surface area contributed by atoms with Crippen LogP contribution in [0.2, 0.25) is 0 Å². The summed E-state index contributed by atoms with van der Waals surface area (Å²) in [5.74, 6) is -1.43. The molecule has 0 aliphatic carbocycles. The maximum Gasteiger partial charge on any atom is 0.258 e. The summed E-state index contributed by atoms with van der Waals surface area (Å²) in [6, 6.07) is 18.4. The Morgan fingerprint density at radius 1 is 0.949 bits per heavy atom. The SMILES string of the molecule is CC(C)c1ccc2c(Nc3cc(NC(=O)c4cc(F)ccc4F)ccc3Sc3ccc(O)cc3)ncnc2n1. The van der Waals surface area contributed by atoms with Gasteiger partial charge in [-0.2, -0.15) is 0 Å². The van der Waals surface area contributed by atoms with Gasteiger partial charge in [0, 0.05) is 21.2 Å². The molecule has 1 amide bonds. The molecule has 10 heteroatoms. The van der Waals surface area contributed by atoms with E-state index < -0.39 is 23.1 Å². The number of pyridine rings is 1. The minimum atomic E-state index is -0.826. The maximum absolute atomic E-state index is 14.2. The summed E-state index contributed by atoms with van der Waals surface area (Å²) < 4.78 is 27.8. The standard InChI is InChI=1S/C29H23F2N5O2S/c1-16(2)24-11-9-21-27(35-24)32-15-33-28(21)36-25-14-18(34-29(38)22-13-17(30)3-10-23(22)31)4-12-26(25)39-20-7-5-19(37)6-8-20/h3-16,37H,1-2H3,(H,34,38)(H,32,33,35,36). The first-order valence-corrected chi connectivity index (χ1v) is 12.8. The van der Waals surface area contributed by atoms with E-state index in [1.807, 2.05) is 12.1 Å². The Morgan fingerprint density at radius 2 is 1.74 bits per heavy atom. The van der Waals surface area contributed by atoms with Gasteiger partial charge in [0.2, 0.25) is 0 Å². The highest BCUT2D eigenvalue weighted by Gasteiger charge is 2.16. The van der Waals surface area contributed by atoms with Gasteiger partial charge in [0.1, 0.15) is 29.5 Å². The second-order valence-electron chi connectivity index (χ2n) is 8.99. The van der Waals surface area contributed by atoms with Crippen LogP contribution in [0.1, 0.15) is 35.8 Å². The Hall–Kier alpha value is -4.57. The topological polar surface area (TPSA) is 100 Å². The van der Waals surface area contributed by atoms with E-state index >= 15 is 0 Å². The molecule has 5 rings (SSSR count). The molecule has 2 heterocycles. The predicted octanol–water partition coefficient (Wildman–Crippen LogP) is 7.28. The lowest BCUT2D eigenvalue weighted by Gasteiger charge is -2.15. The summed E-state index contributed by atoms with van der Waals surface area (Å²) in [6.07, 6.45) is 1.42. The average Bonchev–Trinajstić information content (AvgIpc) is 2.92. The first kappa shape index (κ1) is 26.1. The zero-order valence-corrected chi connectivity index (χ0v) is 21.8. The number of amides is 1. The van der Waals surface area contributed by atoms with Gasteiger partial charge in [-0.3, -0.25) is 4.79 Å². The van der Waals surface area contributed by atoms with Crippen LogP contribution < -0.4 is 10.6 Å². The Kier molecular flexibility index (Phi) is 7.38. The normalized spacial score (nSPS) is 11.1. The summed E-state index contributed by atoms with van der Waals surface area (Å²) in [5.41, 5.74) is 2.00. The minimum Gasteiger partial charge on any atom is -0.508 e. The molecule has 0 unspecified atom stereocenters. The predicted molar refractivity (Wildman–Crippen MR) is 148 cm³/mol. The summed E-state index contributed by atoms with van der Waals surface area (Å²) in [6.45, 7) is 4.10. The van der Waals surface area contributed by atoms with Crippen LogP contribution in [0.3, 0.4) is 0 Å². The highest BCUT2D eigenvalue weighted by molar-refractivity contribution is 7.99. The number of fused-ring (bicyclic) bond motifs is 1. The molecule has 2 aromatic heterocycles. The molecule has 0 atom stereocenters. The van der Waals surface area contributed by atoms with Crippen molar-refractivity contribution < 1.29 is 18.7 Å². The van der Waals surface area contributed by atoms with Crippen molar-refractivity contribution in [2.75, 3.05) is 10.6 Å². The second-order valence-corrected chi connectivity index (χ2v) is 10.1. The van der Waals surface area contributed by atoms with Gasteiger partial charge < -0.3 is 15.7 Å². The molecule has 0 saturated heterocycles. The summed E-state index contributed by atoms with van der Waals surface area (Å²) in [5, 5.41) is 16.3. The van der Waals surface area contributed by atoms with Crippen molar-refractivity contribution in [3.05, 3.63) is 102 Å². The van der Waals surface area contributed by atoms with E-state index in [0.717, 1.165) is 33.7 Å². The first-order valence-electron chi connectivity index (χ1n) is 12.0. The van der Waals surface area contributed by atoms with E-state index in [-0.39, 0.29) is 11.7 Å². The fourth-order valence-corrected chi connectivity index (χ4v) is 4.69. The van der Waals surface area contributed by atoms with E-state index in [9.17, 15) is 18.7 Å². The number of anilines is 3. The van der Waals surface area contributed by atoms with Crippen molar-refractivity contribution in [2.24, 2.45) is 0 Å². The van der Waals surface area contributed by atoms with Crippen molar-refractivity contribution in [3.63, 3.8) is 0 Å². The number of aromatic hydroxyl groups is 1. The highest BCUT2D eigenvalue weighted by Crippen LogP contribution is 2.38. The van der Waals surface area contributed by atoms with Crippen LogP contribution in [0, 0.1) is 11.6 Å². The van der Waals surface area contributed by atoms with Crippen molar-refractivity contribution in [3.8, 4) is 5.75 Å². The van der Waals surface area contributed by atoms with E-state index in [1.54, 1.807) is 42.5 Å². The van der Waals surface area contributed by atoms with Crippen LogP contribution in [-0.4, -0.2) is 26.0 Å². The molecule has 0 spiro atoms. The van der Waals surface area contributed by atoms with Gasteiger partial charge in [-0.15, -0.1) is 0 Å². The van der Waals surface area contributed by atoms with E-state index in [1.165, 1.54) is 18.1 Å². The third-order valence-corrected chi connectivity index (χ3v) is 6.92. The molecule has 5 aromatic rings. The third-order valence-electron chi connectivity index (χ3n) is 5.84. The molecule has 0 radical (unpaired) electrons. The zero-order chi connectivity index (χ0) is 27.5. The van der Waals surface area contributed by atoms with Gasteiger partial charge in [-0.25, -0.2) is 23.7 Å². The van der Waals surface area contributed by atoms with Crippen LogP contribution in [-0.2, 0) is 0 Å². The largest absolute Gasteiger partial charge is 0.508 e. The molecule has 0 bridgehead atoms. The zero-order valence-electron chi connectivity index (χ0n) is 20.9. The van der Waals surface area contributed by atoms with Gasteiger partial charge in [-0.05, 0) is 78.7 Å². The number of aromatic nitrogens is 3. The molecule has 0 fully saturated rings. The molecule has 0 aliphatic rings. The number of carbonyl (C=O) groups excluding carboxylic acids is 1. The number of rotatable bonds is 7. The summed E-state index contributed by atoms with van der Waals surface area (Å²) >= 11 is 1.43. The molecule has 39 heavy (non-hydrogen) atoms. The highest BCUT2D eigenvalue weighted by atomic mass is 32.2. The number of nitrogens with zero attached hydrogens (tertiary/aromatic N) is 3. The molecule has 196 valence electrons.